The maximum absolute atomic E-state index is 10.5. The largest absolute Gasteiger partial charge is 0.494 e. The second kappa shape index (κ2) is 5.65. The number of carbonyl (C=O) groups excluding carboxylic acids is 1. The predicted molar refractivity (Wildman–Crippen MR) is 55.2 cm³/mol. The Bertz CT molecular complexity index is 259. The lowest BCUT2D eigenvalue weighted by Gasteiger charge is -2.03. The molecule has 0 N–H and O–H groups in total. The number of ether oxygens (including phenoxy) is 1. The molecule has 1 aromatic rings. The highest BCUT2D eigenvalue weighted by Crippen LogP contribution is 2.08. The second-order valence-corrected chi connectivity index (χ2v) is 3.16. The van der Waals surface area contributed by atoms with E-state index in [2.05, 4.69) is 12.6 Å². The van der Waals surface area contributed by atoms with E-state index in [9.17, 15) is 4.79 Å². The topological polar surface area (TPSA) is 26.3 Å². The van der Waals surface area contributed by atoms with Gasteiger partial charge >= 0.3 is 0 Å². The van der Waals surface area contributed by atoms with Crippen LogP contribution in [-0.4, -0.2) is 11.7 Å². The van der Waals surface area contributed by atoms with Gasteiger partial charge in [-0.2, -0.15) is 0 Å². The molecule has 0 unspecified atom stereocenters. The fourth-order valence-electron chi connectivity index (χ4n) is 0.930. The molecule has 0 saturated carbocycles. The van der Waals surface area contributed by atoms with Gasteiger partial charge in [0.05, 0.1) is 6.61 Å². The molecule has 0 radical (unpaired) electrons. The molecule has 0 spiro atoms. The minimum atomic E-state index is -0.0864. The molecular weight excluding hydrogens is 184 g/mol. The van der Waals surface area contributed by atoms with Crippen LogP contribution in [0.1, 0.15) is 12.8 Å². The third kappa shape index (κ3) is 4.58. The molecule has 1 aromatic carbocycles. The molecule has 0 bridgehead atoms. The van der Waals surface area contributed by atoms with E-state index in [1.54, 1.807) is 0 Å². The molecule has 0 aliphatic heterocycles. The molecule has 2 nitrogen and oxygen atoms in total. The van der Waals surface area contributed by atoms with Crippen LogP contribution in [0.25, 0.3) is 0 Å². The van der Waals surface area contributed by atoms with Gasteiger partial charge in [-0.15, -0.1) is 12.6 Å². The van der Waals surface area contributed by atoms with Crippen LogP contribution < -0.4 is 4.74 Å². The van der Waals surface area contributed by atoms with Gasteiger partial charge in [-0.05, 0) is 18.6 Å². The van der Waals surface area contributed by atoms with Crippen molar-refractivity contribution in [2.45, 2.75) is 12.8 Å². The van der Waals surface area contributed by atoms with Crippen molar-refractivity contribution in [2.24, 2.45) is 0 Å². The Hall–Kier alpha value is -0.960. The molecule has 1 rings (SSSR count). The Morgan fingerprint density at radius 2 is 2.00 bits per heavy atom. The Kier molecular flexibility index (Phi) is 4.40. The van der Waals surface area contributed by atoms with Gasteiger partial charge < -0.3 is 4.74 Å². The van der Waals surface area contributed by atoms with Crippen LogP contribution in [0.5, 0.6) is 5.75 Å². The zero-order valence-corrected chi connectivity index (χ0v) is 8.17. The number of carbonyl (C=O) groups is 1. The number of para-hydroxylation sites is 1. The summed E-state index contributed by atoms with van der Waals surface area (Å²) < 4.78 is 5.37. The summed E-state index contributed by atoms with van der Waals surface area (Å²) in [6.45, 7) is 0.566. The summed E-state index contributed by atoms with van der Waals surface area (Å²) in [6, 6.07) is 9.55. The van der Waals surface area contributed by atoms with E-state index >= 15 is 0 Å². The quantitative estimate of drug-likeness (QED) is 0.577. The van der Waals surface area contributed by atoms with Crippen molar-refractivity contribution in [1.29, 1.82) is 0 Å². The molecule has 0 aliphatic rings. The molecule has 0 amide bonds. The highest BCUT2D eigenvalue weighted by molar-refractivity contribution is 7.96. The first-order chi connectivity index (χ1) is 6.29. The Labute approximate surface area is 83.3 Å². The van der Waals surface area contributed by atoms with Crippen LogP contribution in [-0.2, 0) is 4.79 Å². The molecule has 0 atom stereocenters. The van der Waals surface area contributed by atoms with Gasteiger partial charge in [0.15, 0.2) is 5.12 Å². The molecule has 0 aliphatic carbocycles. The van der Waals surface area contributed by atoms with Crippen LogP contribution in [0, 0.1) is 0 Å². The first-order valence-electron chi connectivity index (χ1n) is 4.18. The summed E-state index contributed by atoms with van der Waals surface area (Å²) in [5, 5.41) is -0.0864. The number of hydrogen-bond donors (Lipinski definition) is 1. The lowest BCUT2D eigenvalue weighted by molar-refractivity contribution is -0.111. The standard InChI is InChI=1S/C10H12O2S/c11-10(13)7-4-8-12-9-5-2-1-3-6-9/h1-3,5-6H,4,7-8H2,(H,11,13). The van der Waals surface area contributed by atoms with Crippen molar-refractivity contribution in [3.05, 3.63) is 30.3 Å². The van der Waals surface area contributed by atoms with E-state index in [0.717, 1.165) is 12.2 Å². The van der Waals surface area contributed by atoms with E-state index in [0.29, 0.717) is 13.0 Å². The third-order valence-electron chi connectivity index (χ3n) is 1.55. The van der Waals surface area contributed by atoms with E-state index in [1.807, 2.05) is 30.3 Å². The van der Waals surface area contributed by atoms with Gasteiger partial charge in [-0.25, -0.2) is 0 Å². The Balaban J connectivity index is 2.17. The Morgan fingerprint density at radius 1 is 1.31 bits per heavy atom. The van der Waals surface area contributed by atoms with Gasteiger partial charge in [0, 0.05) is 6.42 Å². The van der Waals surface area contributed by atoms with Gasteiger partial charge in [-0.3, -0.25) is 4.79 Å². The first kappa shape index (κ1) is 10.1. The van der Waals surface area contributed by atoms with E-state index < -0.39 is 0 Å². The molecule has 0 saturated heterocycles. The van der Waals surface area contributed by atoms with Crippen LogP contribution in [0.3, 0.4) is 0 Å². The van der Waals surface area contributed by atoms with Crippen molar-refractivity contribution in [2.75, 3.05) is 6.61 Å². The molecule has 13 heavy (non-hydrogen) atoms. The molecular formula is C10H12O2S. The van der Waals surface area contributed by atoms with Gasteiger partial charge in [-0.1, -0.05) is 18.2 Å². The fourth-order valence-corrected chi connectivity index (χ4v) is 1.09. The number of hydrogen-bond acceptors (Lipinski definition) is 2. The van der Waals surface area contributed by atoms with Crippen molar-refractivity contribution in [3.8, 4) is 5.75 Å². The average Bonchev–Trinajstić information content (AvgIpc) is 2.14. The molecule has 70 valence electrons. The lowest BCUT2D eigenvalue weighted by Crippen LogP contribution is -1.99. The second-order valence-electron chi connectivity index (χ2n) is 2.66. The molecule has 0 fully saturated rings. The zero-order valence-electron chi connectivity index (χ0n) is 7.27. The summed E-state index contributed by atoms with van der Waals surface area (Å²) in [5.74, 6) is 0.842. The van der Waals surface area contributed by atoms with E-state index in [4.69, 9.17) is 4.74 Å². The molecule has 0 heterocycles. The number of rotatable bonds is 5. The minimum Gasteiger partial charge on any atom is -0.494 e. The minimum absolute atomic E-state index is 0.0864. The summed E-state index contributed by atoms with van der Waals surface area (Å²) in [5.41, 5.74) is 0. The average molecular weight is 196 g/mol. The maximum atomic E-state index is 10.5. The van der Waals surface area contributed by atoms with Crippen LogP contribution >= 0.6 is 12.6 Å². The number of benzene rings is 1. The molecule has 3 heteroatoms. The summed E-state index contributed by atoms with van der Waals surface area (Å²) in [7, 11) is 0. The van der Waals surface area contributed by atoms with Crippen molar-refractivity contribution < 1.29 is 9.53 Å². The normalized spacial score (nSPS) is 9.62. The van der Waals surface area contributed by atoms with E-state index in [1.165, 1.54) is 0 Å². The maximum Gasteiger partial charge on any atom is 0.186 e. The van der Waals surface area contributed by atoms with Crippen LogP contribution in [0.4, 0.5) is 0 Å². The van der Waals surface area contributed by atoms with Gasteiger partial charge in [0.2, 0.25) is 0 Å². The number of thiol groups is 1. The van der Waals surface area contributed by atoms with Gasteiger partial charge in [0.25, 0.3) is 0 Å². The lowest BCUT2D eigenvalue weighted by atomic mass is 10.3. The third-order valence-corrected chi connectivity index (χ3v) is 1.77. The smallest absolute Gasteiger partial charge is 0.186 e. The zero-order chi connectivity index (χ0) is 9.52. The highest BCUT2D eigenvalue weighted by atomic mass is 32.1. The van der Waals surface area contributed by atoms with Crippen LogP contribution in [0.2, 0.25) is 0 Å². The van der Waals surface area contributed by atoms with E-state index in [-0.39, 0.29) is 5.12 Å². The monoisotopic (exact) mass is 196 g/mol. The highest BCUT2D eigenvalue weighted by Gasteiger charge is 1.95. The van der Waals surface area contributed by atoms with Crippen molar-refractivity contribution in [3.63, 3.8) is 0 Å². The SMILES string of the molecule is O=C(S)CCCOc1ccccc1. The molecule has 0 aromatic heterocycles. The summed E-state index contributed by atoms with van der Waals surface area (Å²) >= 11 is 3.66. The first-order valence-corrected chi connectivity index (χ1v) is 4.63. The van der Waals surface area contributed by atoms with Crippen LogP contribution in [0.15, 0.2) is 30.3 Å². The van der Waals surface area contributed by atoms with Crippen molar-refractivity contribution >= 4 is 17.7 Å². The fraction of sp³-hybridized carbons (Fsp3) is 0.300. The Morgan fingerprint density at radius 3 is 2.62 bits per heavy atom. The summed E-state index contributed by atoms with van der Waals surface area (Å²) in [6.07, 6.45) is 1.19. The van der Waals surface area contributed by atoms with Crippen molar-refractivity contribution in [1.82, 2.24) is 0 Å². The van der Waals surface area contributed by atoms with Gasteiger partial charge in [0.1, 0.15) is 5.75 Å². The predicted octanol–water partition coefficient (Wildman–Crippen LogP) is 2.30. The summed E-state index contributed by atoms with van der Waals surface area (Å²) in [4.78, 5) is 10.5.